The predicted molar refractivity (Wildman–Crippen MR) is 183 cm³/mol. The van der Waals surface area contributed by atoms with Crippen LogP contribution in [0, 0.1) is 0 Å². The van der Waals surface area contributed by atoms with Crippen molar-refractivity contribution in [2.24, 2.45) is 0 Å². The molecule has 0 bridgehead atoms. The van der Waals surface area contributed by atoms with Gasteiger partial charge in [-0.25, -0.2) is 0 Å². The van der Waals surface area contributed by atoms with Gasteiger partial charge >= 0.3 is 0 Å². The third-order valence-corrected chi connectivity index (χ3v) is 8.49. The van der Waals surface area contributed by atoms with Gasteiger partial charge in [0.2, 0.25) is 0 Å². The zero-order valence-corrected chi connectivity index (χ0v) is 26.5. The molecule has 0 aliphatic rings. The minimum atomic E-state index is 0.806. The largest absolute Gasteiger partial charge is 0.494 e. The lowest BCUT2D eigenvalue weighted by atomic mass is 9.98. The lowest BCUT2D eigenvalue weighted by molar-refractivity contribution is 0.304. The highest BCUT2D eigenvalue weighted by Gasteiger charge is 2.05. The Hall–Kier alpha value is -3.00. The second kappa shape index (κ2) is 18.5. The van der Waals surface area contributed by atoms with Gasteiger partial charge in [-0.05, 0) is 88.0 Å². The van der Waals surface area contributed by atoms with E-state index < -0.39 is 0 Å². The average molecular weight is 567 g/mol. The van der Waals surface area contributed by atoms with Crippen LogP contribution in [0.15, 0.2) is 72.8 Å². The second-order valence-corrected chi connectivity index (χ2v) is 12.1. The molecule has 0 atom stereocenters. The lowest BCUT2D eigenvalue weighted by Crippen LogP contribution is -1.97. The minimum Gasteiger partial charge on any atom is -0.494 e. The van der Waals surface area contributed by atoms with Crippen LogP contribution in [0.25, 0.3) is 32.7 Å². The molecule has 0 N–H and O–H groups in total. The highest BCUT2D eigenvalue weighted by molar-refractivity contribution is 6.00. The van der Waals surface area contributed by atoms with Gasteiger partial charge in [0.15, 0.2) is 0 Å². The van der Waals surface area contributed by atoms with E-state index in [9.17, 15) is 0 Å². The molecular weight excluding hydrogens is 512 g/mol. The van der Waals surface area contributed by atoms with Crippen molar-refractivity contribution in [2.45, 2.75) is 117 Å². The van der Waals surface area contributed by atoms with Crippen molar-refractivity contribution in [3.05, 3.63) is 72.8 Å². The number of rotatable bonds is 21. The molecular formula is C40H54O2. The van der Waals surface area contributed by atoms with Crippen LogP contribution in [-0.2, 0) is 0 Å². The van der Waals surface area contributed by atoms with Crippen molar-refractivity contribution >= 4 is 21.5 Å². The van der Waals surface area contributed by atoms with Gasteiger partial charge in [0.25, 0.3) is 0 Å². The summed E-state index contributed by atoms with van der Waals surface area (Å²) in [4.78, 5) is 0. The smallest absolute Gasteiger partial charge is 0.119 e. The molecule has 0 amide bonds. The van der Waals surface area contributed by atoms with Crippen molar-refractivity contribution in [3.63, 3.8) is 0 Å². The Labute approximate surface area is 255 Å². The molecule has 0 fully saturated rings. The van der Waals surface area contributed by atoms with E-state index >= 15 is 0 Å². The SMILES string of the molecule is CCCCCCCCCCOc1ccc(-c2ccc3cc4cc(OCCCCCCCCCC)ccc4cc3c2)cc1. The van der Waals surface area contributed by atoms with Crippen LogP contribution in [-0.4, -0.2) is 13.2 Å². The summed E-state index contributed by atoms with van der Waals surface area (Å²) >= 11 is 0. The van der Waals surface area contributed by atoms with E-state index in [1.807, 2.05) is 0 Å². The number of fused-ring (bicyclic) bond motifs is 2. The molecule has 0 unspecified atom stereocenters. The molecule has 0 saturated carbocycles. The van der Waals surface area contributed by atoms with Gasteiger partial charge in [-0.2, -0.15) is 0 Å². The molecule has 42 heavy (non-hydrogen) atoms. The summed E-state index contributed by atoms with van der Waals surface area (Å²) in [5.41, 5.74) is 2.46. The van der Waals surface area contributed by atoms with Crippen molar-refractivity contribution in [1.29, 1.82) is 0 Å². The van der Waals surface area contributed by atoms with E-state index in [2.05, 4.69) is 86.6 Å². The first-order valence-electron chi connectivity index (χ1n) is 17.1. The molecule has 0 aliphatic carbocycles. The summed E-state index contributed by atoms with van der Waals surface area (Å²) in [7, 11) is 0. The monoisotopic (exact) mass is 566 g/mol. The predicted octanol–water partition coefficient (Wildman–Crippen LogP) is 12.7. The number of benzene rings is 4. The number of unbranched alkanes of at least 4 members (excludes halogenated alkanes) is 14. The van der Waals surface area contributed by atoms with Crippen molar-refractivity contribution in [1.82, 2.24) is 0 Å². The van der Waals surface area contributed by atoms with E-state index in [4.69, 9.17) is 9.47 Å². The van der Waals surface area contributed by atoms with Gasteiger partial charge in [-0.15, -0.1) is 0 Å². The summed E-state index contributed by atoms with van der Waals surface area (Å²) in [6, 6.07) is 26.5. The van der Waals surface area contributed by atoms with Crippen molar-refractivity contribution < 1.29 is 9.47 Å². The van der Waals surface area contributed by atoms with Crippen LogP contribution >= 0.6 is 0 Å². The van der Waals surface area contributed by atoms with Crippen LogP contribution in [0.2, 0.25) is 0 Å². The highest BCUT2D eigenvalue weighted by atomic mass is 16.5. The molecule has 0 saturated heterocycles. The van der Waals surface area contributed by atoms with Gasteiger partial charge in [-0.1, -0.05) is 134 Å². The molecule has 4 aromatic carbocycles. The Bertz CT molecular complexity index is 1310. The van der Waals surface area contributed by atoms with Crippen LogP contribution in [0.1, 0.15) is 117 Å². The standard InChI is InChI=1S/C40H54O2/c1-3-5-7-9-11-13-15-17-27-41-39-24-21-33(22-25-39)34-19-20-35-31-38-32-40(26-23-36(38)30-37(35)29-34)42-28-18-16-14-12-10-8-6-4-2/h19-26,29-32H,3-18,27-28H2,1-2H3. The molecule has 226 valence electrons. The van der Waals surface area contributed by atoms with Crippen LogP contribution in [0.5, 0.6) is 11.5 Å². The summed E-state index contributed by atoms with van der Waals surface area (Å²) in [6.45, 7) is 6.17. The fraction of sp³-hybridized carbons (Fsp3) is 0.500. The number of ether oxygens (including phenoxy) is 2. The van der Waals surface area contributed by atoms with Crippen LogP contribution in [0.4, 0.5) is 0 Å². The third kappa shape index (κ3) is 10.7. The zero-order valence-electron chi connectivity index (χ0n) is 26.5. The Balaban J connectivity index is 1.24. The Morgan fingerprint density at radius 3 is 1.36 bits per heavy atom. The highest BCUT2D eigenvalue weighted by Crippen LogP contribution is 2.30. The molecule has 0 heterocycles. The van der Waals surface area contributed by atoms with Gasteiger partial charge in [0, 0.05) is 0 Å². The van der Waals surface area contributed by atoms with Crippen LogP contribution < -0.4 is 9.47 Å². The summed E-state index contributed by atoms with van der Waals surface area (Å²) in [5.74, 6) is 1.94. The molecule has 0 radical (unpaired) electrons. The van der Waals surface area contributed by atoms with E-state index in [0.717, 1.165) is 37.6 Å². The summed E-state index contributed by atoms with van der Waals surface area (Å²) in [6.07, 6.45) is 21.2. The molecule has 0 aromatic heterocycles. The maximum absolute atomic E-state index is 6.11. The van der Waals surface area contributed by atoms with Gasteiger partial charge in [0.05, 0.1) is 13.2 Å². The van der Waals surface area contributed by atoms with E-state index in [0.29, 0.717) is 0 Å². The zero-order chi connectivity index (χ0) is 29.2. The van der Waals surface area contributed by atoms with Gasteiger partial charge in [-0.3, -0.25) is 0 Å². The average Bonchev–Trinajstić information content (AvgIpc) is 3.02. The first-order chi connectivity index (χ1) is 20.8. The van der Waals surface area contributed by atoms with E-state index in [1.54, 1.807) is 0 Å². The van der Waals surface area contributed by atoms with E-state index in [1.165, 1.54) is 123 Å². The van der Waals surface area contributed by atoms with Gasteiger partial charge in [0.1, 0.15) is 11.5 Å². The number of hydrogen-bond acceptors (Lipinski definition) is 2. The Morgan fingerprint density at radius 2 is 0.786 bits per heavy atom. The fourth-order valence-corrected chi connectivity index (χ4v) is 5.84. The van der Waals surface area contributed by atoms with E-state index in [-0.39, 0.29) is 0 Å². The number of hydrogen-bond donors (Lipinski definition) is 0. The third-order valence-electron chi connectivity index (χ3n) is 8.49. The molecule has 4 rings (SSSR count). The molecule has 0 spiro atoms. The molecule has 2 nitrogen and oxygen atoms in total. The first-order valence-corrected chi connectivity index (χ1v) is 17.1. The fourth-order valence-electron chi connectivity index (χ4n) is 5.84. The molecule has 4 aromatic rings. The first kappa shape index (κ1) is 31.9. The topological polar surface area (TPSA) is 18.5 Å². The molecule has 2 heteroatoms. The lowest BCUT2D eigenvalue weighted by Gasteiger charge is -2.10. The maximum Gasteiger partial charge on any atom is 0.119 e. The van der Waals surface area contributed by atoms with Crippen molar-refractivity contribution in [2.75, 3.05) is 13.2 Å². The normalized spacial score (nSPS) is 11.4. The quantitative estimate of drug-likeness (QED) is 0.0737. The van der Waals surface area contributed by atoms with Crippen molar-refractivity contribution in [3.8, 4) is 22.6 Å². The van der Waals surface area contributed by atoms with Gasteiger partial charge < -0.3 is 9.47 Å². The maximum atomic E-state index is 6.11. The summed E-state index contributed by atoms with van der Waals surface area (Å²) < 4.78 is 12.1. The Kier molecular flexibility index (Phi) is 14.1. The minimum absolute atomic E-state index is 0.806. The van der Waals surface area contributed by atoms with Crippen LogP contribution in [0.3, 0.4) is 0 Å². The second-order valence-electron chi connectivity index (χ2n) is 12.1. The molecule has 0 aliphatic heterocycles. The summed E-state index contributed by atoms with van der Waals surface area (Å²) in [5, 5.41) is 5.02. The Morgan fingerprint density at radius 1 is 0.357 bits per heavy atom.